The molecule has 3 heteroatoms. The molecule has 0 fully saturated rings. The van der Waals surface area contributed by atoms with Gasteiger partial charge in [0, 0.05) is 5.33 Å². The van der Waals surface area contributed by atoms with Crippen LogP contribution in [0.15, 0.2) is 18.2 Å². The highest BCUT2D eigenvalue weighted by Crippen LogP contribution is 2.26. The second kappa shape index (κ2) is 5.80. The van der Waals surface area contributed by atoms with E-state index in [4.69, 9.17) is 0 Å². The lowest BCUT2D eigenvalue weighted by atomic mass is 10.0. The van der Waals surface area contributed by atoms with Gasteiger partial charge in [0.1, 0.15) is 5.78 Å². The molecule has 82 valence electrons. The molecule has 0 aliphatic rings. The van der Waals surface area contributed by atoms with E-state index < -0.39 is 0 Å². The Hall–Kier alpha value is -0.150. The smallest absolute Gasteiger partial charge is 0.147 e. The van der Waals surface area contributed by atoms with Gasteiger partial charge in [0.15, 0.2) is 0 Å². The van der Waals surface area contributed by atoms with E-state index >= 15 is 0 Å². The number of carbonyl (C=O) groups excluding carboxylic acids is 1. The molecule has 0 saturated carbocycles. The standard InChI is InChI=1S/C12H14Br2O/c1-3-9-6-10(12(14)8(2)15)4-5-11(9)7-13/h4-6,12H,3,7H2,1-2H3. The summed E-state index contributed by atoms with van der Waals surface area (Å²) in [6, 6.07) is 6.20. The number of ketones is 1. The Morgan fingerprint density at radius 3 is 2.53 bits per heavy atom. The monoisotopic (exact) mass is 332 g/mol. The molecule has 1 aromatic carbocycles. The highest BCUT2D eigenvalue weighted by molar-refractivity contribution is 9.09. The van der Waals surface area contributed by atoms with E-state index in [0.717, 1.165) is 17.3 Å². The number of carbonyl (C=O) groups is 1. The van der Waals surface area contributed by atoms with Gasteiger partial charge in [-0.05, 0) is 30.0 Å². The summed E-state index contributed by atoms with van der Waals surface area (Å²) in [5.74, 6) is 0.142. The maximum Gasteiger partial charge on any atom is 0.147 e. The summed E-state index contributed by atoms with van der Waals surface area (Å²) < 4.78 is 0. The molecule has 0 aromatic heterocycles. The van der Waals surface area contributed by atoms with E-state index in [1.807, 2.05) is 6.07 Å². The van der Waals surface area contributed by atoms with Crippen LogP contribution in [0.5, 0.6) is 0 Å². The van der Waals surface area contributed by atoms with Crippen molar-refractivity contribution in [3.8, 4) is 0 Å². The molecule has 0 heterocycles. The van der Waals surface area contributed by atoms with Gasteiger partial charge < -0.3 is 0 Å². The molecule has 0 saturated heterocycles. The molecule has 0 amide bonds. The Labute approximate surface area is 108 Å². The SMILES string of the molecule is CCc1cc(C(Br)C(C)=O)ccc1CBr. The van der Waals surface area contributed by atoms with Gasteiger partial charge in [0.25, 0.3) is 0 Å². The van der Waals surface area contributed by atoms with Gasteiger partial charge in [-0.1, -0.05) is 57.0 Å². The van der Waals surface area contributed by atoms with Crippen molar-refractivity contribution in [2.75, 3.05) is 0 Å². The number of aryl methyl sites for hydroxylation is 1. The van der Waals surface area contributed by atoms with Crippen LogP contribution in [0.4, 0.5) is 0 Å². The second-order valence-electron chi connectivity index (χ2n) is 3.49. The summed E-state index contributed by atoms with van der Waals surface area (Å²) in [6.07, 6.45) is 0.992. The quantitative estimate of drug-likeness (QED) is 0.756. The predicted octanol–water partition coefficient (Wildman–Crippen LogP) is 4.17. The van der Waals surface area contributed by atoms with Crippen LogP contribution in [-0.2, 0) is 16.5 Å². The topological polar surface area (TPSA) is 17.1 Å². The highest BCUT2D eigenvalue weighted by Gasteiger charge is 2.13. The van der Waals surface area contributed by atoms with E-state index in [0.29, 0.717) is 0 Å². The summed E-state index contributed by atoms with van der Waals surface area (Å²) in [6.45, 7) is 3.73. The Balaban J connectivity index is 3.07. The fourth-order valence-electron chi connectivity index (χ4n) is 1.50. The van der Waals surface area contributed by atoms with E-state index in [-0.39, 0.29) is 10.6 Å². The molecule has 1 unspecified atom stereocenters. The van der Waals surface area contributed by atoms with Crippen LogP contribution in [0.25, 0.3) is 0 Å². The lowest BCUT2D eigenvalue weighted by molar-refractivity contribution is -0.116. The van der Waals surface area contributed by atoms with Crippen LogP contribution >= 0.6 is 31.9 Å². The lowest BCUT2D eigenvalue weighted by Gasteiger charge is -2.11. The number of Topliss-reactive ketones (excluding diaryl/α,β-unsaturated/α-hetero) is 1. The first-order valence-corrected chi connectivity index (χ1v) is 6.96. The molecule has 1 atom stereocenters. The summed E-state index contributed by atoms with van der Waals surface area (Å²) in [4.78, 5) is 11.1. The molecule has 0 spiro atoms. The minimum absolute atomic E-state index is 0.142. The Bertz CT molecular complexity index is 361. The van der Waals surface area contributed by atoms with E-state index in [1.165, 1.54) is 11.1 Å². The number of hydrogen-bond acceptors (Lipinski definition) is 1. The van der Waals surface area contributed by atoms with Crippen molar-refractivity contribution in [1.82, 2.24) is 0 Å². The predicted molar refractivity (Wildman–Crippen MR) is 70.8 cm³/mol. The van der Waals surface area contributed by atoms with Gasteiger partial charge in [-0.2, -0.15) is 0 Å². The molecular formula is C12H14Br2O. The third-order valence-electron chi connectivity index (χ3n) is 2.40. The third kappa shape index (κ3) is 3.15. The van der Waals surface area contributed by atoms with E-state index in [9.17, 15) is 4.79 Å². The fourth-order valence-corrected chi connectivity index (χ4v) is 2.33. The molecule has 0 N–H and O–H groups in total. The second-order valence-corrected chi connectivity index (χ2v) is 4.96. The minimum atomic E-state index is -0.174. The summed E-state index contributed by atoms with van der Waals surface area (Å²) in [7, 11) is 0. The van der Waals surface area contributed by atoms with Crippen LogP contribution in [0.1, 0.15) is 35.4 Å². The molecule has 0 aliphatic heterocycles. The summed E-state index contributed by atoms with van der Waals surface area (Å²) in [5, 5.41) is 0.865. The van der Waals surface area contributed by atoms with E-state index in [2.05, 4.69) is 50.9 Å². The summed E-state index contributed by atoms with van der Waals surface area (Å²) >= 11 is 6.86. The Morgan fingerprint density at radius 2 is 2.07 bits per heavy atom. The van der Waals surface area contributed by atoms with Gasteiger partial charge in [0.2, 0.25) is 0 Å². The van der Waals surface area contributed by atoms with Crippen molar-refractivity contribution in [1.29, 1.82) is 0 Å². The number of rotatable bonds is 4. The number of alkyl halides is 2. The van der Waals surface area contributed by atoms with Crippen molar-refractivity contribution in [2.45, 2.75) is 30.4 Å². The van der Waals surface area contributed by atoms with Crippen LogP contribution in [-0.4, -0.2) is 5.78 Å². The first-order valence-electron chi connectivity index (χ1n) is 4.92. The molecule has 15 heavy (non-hydrogen) atoms. The number of hydrogen-bond donors (Lipinski definition) is 0. The Morgan fingerprint density at radius 1 is 1.40 bits per heavy atom. The fraction of sp³-hybridized carbons (Fsp3) is 0.417. The van der Waals surface area contributed by atoms with Gasteiger partial charge in [-0.3, -0.25) is 4.79 Å². The molecule has 1 aromatic rings. The molecular weight excluding hydrogens is 320 g/mol. The zero-order valence-corrected chi connectivity index (χ0v) is 12.1. The van der Waals surface area contributed by atoms with Gasteiger partial charge >= 0.3 is 0 Å². The van der Waals surface area contributed by atoms with Gasteiger partial charge in [0.05, 0.1) is 4.83 Å². The Kier molecular flexibility index (Phi) is 5.00. The maximum absolute atomic E-state index is 11.2. The third-order valence-corrected chi connectivity index (χ3v) is 4.18. The van der Waals surface area contributed by atoms with Crippen molar-refractivity contribution < 1.29 is 4.79 Å². The van der Waals surface area contributed by atoms with Crippen LogP contribution < -0.4 is 0 Å². The van der Waals surface area contributed by atoms with Gasteiger partial charge in [-0.15, -0.1) is 0 Å². The maximum atomic E-state index is 11.2. The molecule has 0 aliphatic carbocycles. The first kappa shape index (κ1) is 12.9. The largest absolute Gasteiger partial charge is 0.298 e. The minimum Gasteiger partial charge on any atom is -0.298 e. The molecule has 0 bridgehead atoms. The van der Waals surface area contributed by atoms with Gasteiger partial charge in [-0.25, -0.2) is 0 Å². The molecule has 0 radical (unpaired) electrons. The zero-order valence-electron chi connectivity index (χ0n) is 8.89. The van der Waals surface area contributed by atoms with Crippen molar-refractivity contribution in [3.63, 3.8) is 0 Å². The summed E-state index contributed by atoms with van der Waals surface area (Å²) in [5.41, 5.74) is 3.64. The first-order chi connectivity index (χ1) is 7.10. The van der Waals surface area contributed by atoms with Crippen molar-refractivity contribution in [2.24, 2.45) is 0 Å². The van der Waals surface area contributed by atoms with Crippen LogP contribution in [0.2, 0.25) is 0 Å². The average Bonchev–Trinajstić information content (AvgIpc) is 2.26. The molecule has 1 rings (SSSR count). The number of benzene rings is 1. The normalized spacial score (nSPS) is 12.5. The zero-order chi connectivity index (χ0) is 11.4. The number of halogens is 2. The lowest BCUT2D eigenvalue weighted by Crippen LogP contribution is -2.02. The van der Waals surface area contributed by atoms with E-state index in [1.54, 1.807) is 6.92 Å². The average molecular weight is 334 g/mol. The molecule has 1 nitrogen and oxygen atoms in total. The van der Waals surface area contributed by atoms with Crippen LogP contribution in [0.3, 0.4) is 0 Å². The van der Waals surface area contributed by atoms with Crippen molar-refractivity contribution in [3.05, 3.63) is 34.9 Å². The van der Waals surface area contributed by atoms with Crippen molar-refractivity contribution >= 4 is 37.6 Å². The highest BCUT2D eigenvalue weighted by atomic mass is 79.9. The van der Waals surface area contributed by atoms with Crippen LogP contribution in [0, 0.1) is 0 Å².